The maximum Gasteiger partial charge on any atom is 0.472 e. The van der Waals surface area contributed by atoms with Crippen LogP contribution in [0.4, 0.5) is 0 Å². The number of unbranched alkanes of at least 4 members (excludes halogenated alkanes) is 24. The molecule has 0 saturated carbocycles. The summed E-state index contributed by atoms with van der Waals surface area (Å²) in [6.45, 7) is 3.54. The van der Waals surface area contributed by atoms with Crippen LogP contribution in [0, 0.1) is 0 Å². The molecule has 0 aromatic heterocycles. The molecule has 3 N–H and O–H groups in total. The first-order chi connectivity index (χ1) is 25.8. The number of aliphatic hydroxyl groups is 1. The number of phosphoric acid groups is 1. The highest BCUT2D eigenvalue weighted by Crippen LogP contribution is 2.42. The number of hydrogen-bond donors (Lipinski definition) is 3. The van der Waals surface area contributed by atoms with Crippen LogP contribution in [0.2, 0.25) is 0 Å². The van der Waals surface area contributed by atoms with E-state index in [1.807, 2.05) is 0 Å². The SMILES string of the molecule is CCCCC/C=C\C/C=C\CCCCCCCCCC(=O)OCC(O)COP(=O)(O)OCCNC(=O)CCCCCCCCCCCCCCCCC. The number of amides is 1. The monoisotopic (exact) mass is 772 g/mol. The minimum absolute atomic E-state index is 0.0841. The van der Waals surface area contributed by atoms with Crippen molar-refractivity contribution in [3.05, 3.63) is 24.3 Å². The highest BCUT2D eigenvalue weighted by atomic mass is 31.2. The molecule has 0 aliphatic heterocycles. The first kappa shape index (κ1) is 51.5. The van der Waals surface area contributed by atoms with Gasteiger partial charge in [-0.15, -0.1) is 0 Å². The molecule has 0 aromatic carbocycles. The Hall–Kier alpha value is -1.51. The van der Waals surface area contributed by atoms with Gasteiger partial charge in [0.1, 0.15) is 12.7 Å². The number of rotatable bonds is 41. The summed E-state index contributed by atoms with van der Waals surface area (Å²) in [6.07, 6.45) is 42.4. The van der Waals surface area contributed by atoms with Crippen molar-refractivity contribution in [3.8, 4) is 0 Å². The summed E-state index contributed by atoms with van der Waals surface area (Å²) in [7, 11) is -4.41. The molecule has 0 aromatic rings. The van der Waals surface area contributed by atoms with E-state index in [1.165, 1.54) is 122 Å². The number of hydrogen-bond acceptors (Lipinski definition) is 7. The molecular weight excluding hydrogens is 689 g/mol. The number of nitrogens with one attached hydrogen (secondary N) is 1. The molecule has 0 heterocycles. The Balaban J connectivity index is 3.59. The fourth-order valence-corrected chi connectivity index (χ4v) is 6.81. The van der Waals surface area contributed by atoms with E-state index in [-0.39, 0.29) is 32.1 Å². The molecule has 9 nitrogen and oxygen atoms in total. The summed E-state index contributed by atoms with van der Waals surface area (Å²) in [6, 6.07) is 0. The molecule has 2 unspecified atom stereocenters. The number of allylic oxidation sites excluding steroid dienone is 4. The zero-order chi connectivity index (χ0) is 38.9. The Morgan fingerprint density at radius 2 is 1.02 bits per heavy atom. The average Bonchev–Trinajstić information content (AvgIpc) is 3.14. The predicted molar refractivity (Wildman–Crippen MR) is 220 cm³/mol. The molecule has 0 rings (SSSR count). The molecule has 0 spiro atoms. The van der Waals surface area contributed by atoms with Crippen molar-refractivity contribution in [2.75, 3.05) is 26.4 Å². The second-order valence-electron chi connectivity index (χ2n) is 14.7. The lowest BCUT2D eigenvalue weighted by atomic mass is 10.0. The Labute approximate surface area is 325 Å². The molecule has 0 radical (unpaired) electrons. The van der Waals surface area contributed by atoms with E-state index < -0.39 is 26.5 Å². The maximum atomic E-state index is 12.1. The number of ether oxygens (including phenoxy) is 1. The molecule has 312 valence electrons. The highest BCUT2D eigenvalue weighted by molar-refractivity contribution is 7.47. The minimum atomic E-state index is -4.41. The van der Waals surface area contributed by atoms with Crippen LogP contribution in [-0.4, -0.2) is 54.3 Å². The molecule has 53 heavy (non-hydrogen) atoms. The highest BCUT2D eigenvalue weighted by Gasteiger charge is 2.23. The van der Waals surface area contributed by atoms with Gasteiger partial charge in [0.15, 0.2) is 0 Å². The van der Waals surface area contributed by atoms with Gasteiger partial charge in [0, 0.05) is 19.4 Å². The summed E-state index contributed by atoms with van der Waals surface area (Å²) in [5, 5.41) is 12.7. The van der Waals surface area contributed by atoms with Gasteiger partial charge in [-0.3, -0.25) is 18.6 Å². The summed E-state index contributed by atoms with van der Waals surface area (Å²) >= 11 is 0. The van der Waals surface area contributed by atoms with Crippen molar-refractivity contribution in [2.24, 2.45) is 0 Å². The van der Waals surface area contributed by atoms with E-state index in [4.69, 9.17) is 13.8 Å². The Kier molecular flexibility index (Phi) is 39.0. The third kappa shape index (κ3) is 41.5. The smallest absolute Gasteiger partial charge is 0.463 e. The van der Waals surface area contributed by atoms with Crippen molar-refractivity contribution in [3.63, 3.8) is 0 Å². The quantitative estimate of drug-likeness (QED) is 0.0242. The summed E-state index contributed by atoms with van der Waals surface area (Å²) in [5.74, 6) is -0.518. The predicted octanol–water partition coefficient (Wildman–Crippen LogP) is 12.0. The van der Waals surface area contributed by atoms with Crippen LogP contribution in [-0.2, 0) is 27.9 Å². The van der Waals surface area contributed by atoms with Gasteiger partial charge in [0.2, 0.25) is 5.91 Å². The second kappa shape index (κ2) is 40.2. The van der Waals surface area contributed by atoms with E-state index >= 15 is 0 Å². The van der Waals surface area contributed by atoms with Gasteiger partial charge in [-0.1, -0.05) is 173 Å². The largest absolute Gasteiger partial charge is 0.472 e. The fourth-order valence-electron chi connectivity index (χ4n) is 6.06. The van der Waals surface area contributed by atoms with Crippen molar-refractivity contribution in [1.29, 1.82) is 0 Å². The zero-order valence-corrected chi connectivity index (χ0v) is 35.1. The molecule has 0 bridgehead atoms. The lowest BCUT2D eigenvalue weighted by Gasteiger charge is -2.15. The van der Waals surface area contributed by atoms with Gasteiger partial charge in [0.05, 0.1) is 13.2 Å². The third-order valence-electron chi connectivity index (χ3n) is 9.38. The Bertz CT molecular complexity index is 928. The lowest BCUT2D eigenvalue weighted by molar-refractivity contribution is -0.147. The number of aliphatic hydroxyl groups excluding tert-OH is 1. The van der Waals surface area contributed by atoms with Gasteiger partial charge < -0.3 is 20.1 Å². The molecule has 0 aliphatic rings. The average molecular weight is 772 g/mol. The summed E-state index contributed by atoms with van der Waals surface area (Å²) in [5.41, 5.74) is 0. The number of carbonyl (C=O) groups is 2. The summed E-state index contributed by atoms with van der Waals surface area (Å²) in [4.78, 5) is 33.9. The molecule has 1 amide bonds. The van der Waals surface area contributed by atoms with Crippen molar-refractivity contribution < 1.29 is 37.9 Å². The van der Waals surface area contributed by atoms with E-state index in [1.54, 1.807) is 0 Å². The minimum Gasteiger partial charge on any atom is -0.463 e. The fraction of sp³-hybridized carbons (Fsp3) is 0.860. The van der Waals surface area contributed by atoms with Crippen LogP contribution in [0.25, 0.3) is 0 Å². The standard InChI is InChI=1S/C43H82NO8P/c1-3-5-7-9-11-13-15-17-19-20-22-24-26-28-30-32-34-36-43(47)50-39-41(45)40-52-53(48,49)51-38-37-44-42(46)35-33-31-29-27-25-23-21-18-16-14-12-10-8-6-4-2/h11,13,17,19,41,45H,3-10,12,14-16,18,20-40H2,1-2H3,(H,44,46)(H,48,49)/b13-11-,19-17-. The molecule has 10 heteroatoms. The molecule has 0 aliphatic carbocycles. The second-order valence-corrected chi connectivity index (χ2v) is 16.1. The topological polar surface area (TPSA) is 131 Å². The third-order valence-corrected chi connectivity index (χ3v) is 10.4. The van der Waals surface area contributed by atoms with E-state index in [9.17, 15) is 24.2 Å². The van der Waals surface area contributed by atoms with E-state index in [0.717, 1.165) is 57.8 Å². The van der Waals surface area contributed by atoms with Crippen molar-refractivity contribution >= 4 is 19.7 Å². The van der Waals surface area contributed by atoms with Crippen LogP contribution >= 0.6 is 7.82 Å². The van der Waals surface area contributed by atoms with Gasteiger partial charge in [0.25, 0.3) is 0 Å². The Morgan fingerprint density at radius 3 is 1.55 bits per heavy atom. The van der Waals surface area contributed by atoms with Gasteiger partial charge in [-0.2, -0.15) is 0 Å². The van der Waals surface area contributed by atoms with Gasteiger partial charge >= 0.3 is 13.8 Å². The molecule has 2 atom stereocenters. The lowest BCUT2D eigenvalue weighted by Crippen LogP contribution is -2.27. The van der Waals surface area contributed by atoms with Gasteiger partial charge in [-0.25, -0.2) is 4.57 Å². The van der Waals surface area contributed by atoms with Crippen LogP contribution < -0.4 is 5.32 Å². The number of phosphoric ester groups is 1. The van der Waals surface area contributed by atoms with Crippen molar-refractivity contribution in [2.45, 2.75) is 213 Å². The van der Waals surface area contributed by atoms with E-state index in [2.05, 4.69) is 43.5 Å². The number of carbonyl (C=O) groups excluding carboxylic acids is 2. The van der Waals surface area contributed by atoms with Crippen LogP contribution in [0.1, 0.15) is 206 Å². The Morgan fingerprint density at radius 1 is 0.585 bits per heavy atom. The van der Waals surface area contributed by atoms with Crippen molar-refractivity contribution in [1.82, 2.24) is 5.32 Å². The first-order valence-electron chi connectivity index (χ1n) is 21.8. The molecular formula is C43H82NO8P. The van der Waals surface area contributed by atoms with E-state index in [0.29, 0.717) is 6.42 Å². The normalized spacial score (nSPS) is 13.5. The maximum absolute atomic E-state index is 12.1. The molecule has 0 saturated heterocycles. The molecule has 0 fully saturated rings. The zero-order valence-electron chi connectivity index (χ0n) is 34.2. The van der Waals surface area contributed by atoms with Crippen LogP contribution in [0.3, 0.4) is 0 Å². The van der Waals surface area contributed by atoms with Crippen LogP contribution in [0.5, 0.6) is 0 Å². The van der Waals surface area contributed by atoms with Gasteiger partial charge in [-0.05, 0) is 44.9 Å². The van der Waals surface area contributed by atoms with Crippen LogP contribution in [0.15, 0.2) is 24.3 Å². The summed E-state index contributed by atoms with van der Waals surface area (Å²) < 4.78 is 26.9. The number of esters is 1. The first-order valence-corrected chi connectivity index (χ1v) is 23.3.